The first-order valence-corrected chi connectivity index (χ1v) is 12.4. The molecular weight excluding hydrogens is 406 g/mol. The SMILES string of the molecule is CCCCc1ccc(-c2ccc(-n3cncc3C(=O)N[C@@H]3C[C@@H](C)CC(C)(C)C3)cc2)cc1. The molecule has 0 saturated heterocycles. The van der Waals surface area contributed by atoms with Crippen LogP contribution in [0.2, 0.25) is 0 Å². The molecule has 1 fully saturated rings. The number of nitrogens with zero attached hydrogens (tertiary/aromatic N) is 2. The number of imidazole rings is 1. The lowest BCUT2D eigenvalue weighted by Crippen LogP contribution is -2.43. The predicted octanol–water partition coefficient (Wildman–Crippen LogP) is 6.83. The smallest absolute Gasteiger partial charge is 0.270 e. The van der Waals surface area contributed by atoms with Crippen LogP contribution in [0.25, 0.3) is 16.8 Å². The van der Waals surface area contributed by atoms with Crippen LogP contribution < -0.4 is 5.32 Å². The Hall–Kier alpha value is -2.88. The number of aryl methyl sites for hydroxylation is 1. The molecule has 174 valence electrons. The van der Waals surface area contributed by atoms with Gasteiger partial charge in [-0.05, 0) is 72.3 Å². The maximum Gasteiger partial charge on any atom is 0.270 e. The van der Waals surface area contributed by atoms with Crippen LogP contribution in [0.15, 0.2) is 61.1 Å². The van der Waals surface area contributed by atoms with Crippen LogP contribution in [0, 0.1) is 11.3 Å². The zero-order chi connectivity index (χ0) is 23.4. The largest absolute Gasteiger partial charge is 0.348 e. The van der Waals surface area contributed by atoms with Gasteiger partial charge in [-0.15, -0.1) is 0 Å². The minimum absolute atomic E-state index is 0.0471. The molecule has 4 rings (SSSR count). The van der Waals surface area contributed by atoms with Crippen LogP contribution >= 0.6 is 0 Å². The molecule has 1 aromatic heterocycles. The van der Waals surface area contributed by atoms with Crippen molar-refractivity contribution in [2.75, 3.05) is 0 Å². The Balaban J connectivity index is 1.46. The van der Waals surface area contributed by atoms with Gasteiger partial charge in [-0.25, -0.2) is 4.98 Å². The average Bonchev–Trinajstić information content (AvgIpc) is 3.27. The van der Waals surface area contributed by atoms with E-state index in [-0.39, 0.29) is 17.4 Å². The van der Waals surface area contributed by atoms with Crippen molar-refractivity contribution in [3.63, 3.8) is 0 Å². The summed E-state index contributed by atoms with van der Waals surface area (Å²) in [4.78, 5) is 17.4. The van der Waals surface area contributed by atoms with E-state index < -0.39 is 0 Å². The molecule has 2 aromatic carbocycles. The summed E-state index contributed by atoms with van der Waals surface area (Å²) in [7, 11) is 0. The molecule has 1 aliphatic carbocycles. The Labute approximate surface area is 198 Å². The molecule has 2 atom stereocenters. The van der Waals surface area contributed by atoms with Crippen molar-refractivity contribution in [1.29, 1.82) is 0 Å². The zero-order valence-electron chi connectivity index (χ0n) is 20.5. The van der Waals surface area contributed by atoms with Crippen molar-refractivity contribution in [1.82, 2.24) is 14.9 Å². The Kier molecular flexibility index (Phi) is 7.02. The summed E-state index contributed by atoms with van der Waals surface area (Å²) in [6.45, 7) is 9.10. The summed E-state index contributed by atoms with van der Waals surface area (Å²) in [6.07, 6.45) is 10.2. The number of hydrogen-bond donors (Lipinski definition) is 1. The van der Waals surface area contributed by atoms with E-state index in [0.29, 0.717) is 11.6 Å². The standard InChI is InChI=1S/C29H37N3O/c1-5-6-7-22-8-10-23(11-9-22)24-12-14-26(15-13-24)32-20-30-19-27(32)28(33)31-25-16-21(2)17-29(3,4)18-25/h8-15,19-21,25H,5-7,16-18H2,1-4H3,(H,31,33)/t21-,25-/m1/s1. The quantitative estimate of drug-likeness (QED) is 0.435. The second-order valence-electron chi connectivity index (χ2n) is 10.6. The maximum atomic E-state index is 13.1. The number of rotatable bonds is 7. The molecule has 1 aliphatic rings. The third kappa shape index (κ3) is 5.73. The zero-order valence-corrected chi connectivity index (χ0v) is 20.5. The van der Waals surface area contributed by atoms with Gasteiger partial charge < -0.3 is 5.32 Å². The minimum Gasteiger partial charge on any atom is -0.348 e. The molecule has 0 aliphatic heterocycles. The van der Waals surface area contributed by atoms with Crippen LogP contribution in [-0.4, -0.2) is 21.5 Å². The first-order chi connectivity index (χ1) is 15.8. The van der Waals surface area contributed by atoms with E-state index in [1.807, 2.05) is 4.57 Å². The minimum atomic E-state index is -0.0471. The number of unbranched alkanes of at least 4 members (excludes halogenated alkanes) is 1. The van der Waals surface area contributed by atoms with Crippen molar-refractivity contribution in [2.24, 2.45) is 11.3 Å². The summed E-state index contributed by atoms with van der Waals surface area (Å²) < 4.78 is 1.88. The molecule has 1 amide bonds. The van der Waals surface area contributed by atoms with Gasteiger partial charge >= 0.3 is 0 Å². The van der Waals surface area contributed by atoms with E-state index in [1.54, 1.807) is 12.5 Å². The van der Waals surface area contributed by atoms with E-state index in [1.165, 1.54) is 36.0 Å². The number of hydrogen-bond acceptors (Lipinski definition) is 2. The lowest BCUT2D eigenvalue weighted by atomic mass is 9.70. The van der Waals surface area contributed by atoms with Crippen molar-refractivity contribution in [2.45, 2.75) is 72.3 Å². The molecule has 0 bridgehead atoms. The predicted molar refractivity (Wildman–Crippen MR) is 136 cm³/mol. The van der Waals surface area contributed by atoms with E-state index >= 15 is 0 Å². The summed E-state index contributed by atoms with van der Waals surface area (Å²) in [5.74, 6) is 0.575. The van der Waals surface area contributed by atoms with E-state index in [9.17, 15) is 4.79 Å². The highest BCUT2D eigenvalue weighted by atomic mass is 16.2. The molecule has 0 spiro atoms. The molecule has 33 heavy (non-hydrogen) atoms. The molecule has 4 heteroatoms. The fourth-order valence-electron chi connectivity index (χ4n) is 5.44. The third-order valence-electron chi connectivity index (χ3n) is 6.85. The summed E-state index contributed by atoms with van der Waals surface area (Å²) >= 11 is 0. The van der Waals surface area contributed by atoms with Crippen molar-refractivity contribution < 1.29 is 4.79 Å². The number of carbonyl (C=O) groups excluding carboxylic acids is 1. The Morgan fingerprint density at radius 1 is 1.06 bits per heavy atom. The second kappa shape index (κ2) is 9.94. The first-order valence-electron chi connectivity index (χ1n) is 12.4. The summed E-state index contributed by atoms with van der Waals surface area (Å²) in [6, 6.07) is 17.4. The van der Waals surface area contributed by atoms with Crippen LogP contribution in [0.3, 0.4) is 0 Å². The Morgan fingerprint density at radius 3 is 2.36 bits per heavy atom. The number of carbonyl (C=O) groups is 1. The second-order valence-corrected chi connectivity index (χ2v) is 10.6. The lowest BCUT2D eigenvalue weighted by molar-refractivity contribution is 0.0867. The van der Waals surface area contributed by atoms with Crippen LogP contribution in [0.1, 0.15) is 75.9 Å². The van der Waals surface area contributed by atoms with Crippen LogP contribution in [0.4, 0.5) is 0 Å². The number of amides is 1. The molecule has 1 heterocycles. The van der Waals surface area contributed by atoms with Gasteiger partial charge in [-0.1, -0.05) is 70.5 Å². The molecular formula is C29H37N3O. The van der Waals surface area contributed by atoms with Gasteiger partial charge in [0.1, 0.15) is 5.69 Å². The van der Waals surface area contributed by atoms with Crippen LogP contribution in [-0.2, 0) is 6.42 Å². The Bertz CT molecular complexity index is 1060. The van der Waals surface area contributed by atoms with Crippen LogP contribution in [0.5, 0.6) is 0 Å². The molecule has 1 N–H and O–H groups in total. The number of benzene rings is 2. The van der Waals surface area contributed by atoms with E-state index in [2.05, 4.69) is 86.5 Å². The molecule has 1 saturated carbocycles. The topological polar surface area (TPSA) is 46.9 Å². The van der Waals surface area contributed by atoms with Gasteiger partial charge in [0.2, 0.25) is 0 Å². The number of nitrogens with one attached hydrogen (secondary N) is 1. The van der Waals surface area contributed by atoms with Gasteiger partial charge in [0.25, 0.3) is 5.91 Å². The molecule has 4 nitrogen and oxygen atoms in total. The maximum absolute atomic E-state index is 13.1. The van der Waals surface area contributed by atoms with Crippen molar-refractivity contribution in [3.8, 4) is 16.8 Å². The van der Waals surface area contributed by atoms with Gasteiger partial charge in [-0.3, -0.25) is 9.36 Å². The fourth-order valence-corrected chi connectivity index (χ4v) is 5.44. The number of aromatic nitrogens is 2. The lowest BCUT2D eigenvalue weighted by Gasteiger charge is -2.39. The van der Waals surface area contributed by atoms with Gasteiger partial charge in [0, 0.05) is 11.7 Å². The summed E-state index contributed by atoms with van der Waals surface area (Å²) in [5, 5.41) is 3.27. The van der Waals surface area contributed by atoms with Gasteiger partial charge in [-0.2, -0.15) is 0 Å². The molecule has 0 unspecified atom stereocenters. The van der Waals surface area contributed by atoms with Crippen molar-refractivity contribution in [3.05, 3.63) is 72.3 Å². The normalized spacial score (nSPS) is 19.9. The highest BCUT2D eigenvalue weighted by molar-refractivity contribution is 5.93. The average molecular weight is 444 g/mol. The highest BCUT2D eigenvalue weighted by Gasteiger charge is 2.33. The summed E-state index contributed by atoms with van der Waals surface area (Å²) in [5.41, 5.74) is 5.56. The van der Waals surface area contributed by atoms with Gasteiger partial charge in [0.05, 0.1) is 12.5 Å². The Morgan fingerprint density at radius 2 is 1.73 bits per heavy atom. The van der Waals surface area contributed by atoms with Crippen molar-refractivity contribution >= 4 is 5.91 Å². The molecule has 3 aromatic rings. The monoisotopic (exact) mass is 443 g/mol. The molecule has 0 radical (unpaired) electrons. The van der Waals surface area contributed by atoms with E-state index in [4.69, 9.17) is 0 Å². The van der Waals surface area contributed by atoms with Gasteiger partial charge in [0.15, 0.2) is 0 Å². The first kappa shape index (κ1) is 23.3. The van der Waals surface area contributed by atoms with E-state index in [0.717, 1.165) is 24.9 Å². The highest BCUT2D eigenvalue weighted by Crippen LogP contribution is 2.38. The fraction of sp³-hybridized carbons (Fsp3) is 0.448. The third-order valence-corrected chi connectivity index (χ3v) is 6.85.